The average molecular weight is 154 g/mol. The third-order valence-corrected chi connectivity index (χ3v) is 0.573. The molecule has 4 heteroatoms. The Morgan fingerprint density at radius 3 is 1.70 bits per heavy atom. The highest BCUT2D eigenvalue weighted by molar-refractivity contribution is 4.30. The van der Waals surface area contributed by atoms with Crippen molar-refractivity contribution >= 4 is 0 Å². The van der Waals surface area contributed by atoms with E-state index in [4.69, 9.17) is 15.7 Å². The lowest BCUT2D eigenvalue weighted by atomic mass is 10.7. The average Bonchev–Trinajstić information content (AvgIpc) is 2.11. The zero-order valence-corrected chi connectivity index (χ0v) is 5.54. The van der Waals surface area contributed by atoms with E-state index < -0.39 is 26.3 Å². The molecule has 0 fully saturated rings. The van der Waals surface area contributed by atoms with Gasteiger partial charge in [-0.15, -0.1) is 0 Å². The highest BCUT2D eigenvalue weighted by Crippen LogP contribution is 1.76. The van der Waals surface area contributed by atoms with Crippen molar-refractivity contribution in [3.63, 3.8) is 0 Å². The fourth-order valence-electron chi connectivity index (χ4n) is 0.252. The molecule has 0 aliphatic heterocycles. The second-order valence-corrected chi connectivity index (χ2v) is 1.35. The Morgan fingerprint density at radius 1 is 1.00 bits per heavy atom. The highest BCUT2D eigenvalue weighted by atomic mass is 16.5. The van der Waals surface area contributed by atoms with Gasteiger partial charge in [0.25, 0.3) is 0 Å². The van der Waals surface area contributed by atoms with E-state index in [2.05, 4.69) is 9.47 Å². The lowest BCUT2D eigenvalue weighted by Crippen LogP contribution is -2.09. The molecule has 0 radical (unpaired) electrons. The molecule has 0 unspecified atom stereocenters. The van der Waals surface area contributed by atoms with Crippen molar-refractivity contribution in [1.82, 2.24) is 0 Å². The van der Waals surface area contributed by atoms with Gasteiger partial charge in [0.2, 0.25) is 0 Å². The first kappa shape index (κ1) is 4.66. The minimum atomic E-state index is -2.66. The highest BCUT2D eigenvalue weighted by Gasteiger charge is 1.86. The summed E-state index contributed by atoms with van der Waals surface area (Å²) >= 11 is 0. The molecule has 0 aromatic rings. The SMILES string of the molecule is [2H]C([2H])(OCCO)C([2H])([2H])OCCO. The molecule has 0 aliphatic rings. The molecular weight excluding hydrogens is 136 g/mol. The minimum absolute atomic E-state index is 0.324. The van der Waals surface area contributed by atoms with Gasteiger partial charge in [-0.2, -0.15) is 0 Å². The number of aliphatic hydroxyl groups excluding tert-OH is 2. The van der Waals surface area contributed by atoms with Crippen molar-refractivity contribution in [3.05, 3.63) is 0 Å². The van der Waals surface area contributed by atoms with Gasteiger partial charge in [0.05, 0.1) is 45.0 Å². The molecule has 10 heavy (non-hydrogen) atoms. The number of aliphatic hydroxyl groups is 2. The normalized spacial score (nSPS) is 19.0. The van der Waals surface area contributed by atoms with Crippen LogP contribution in [0.15, 0.2) is 0 Å². The Labute approximate surface area is 66.0 Å². The molecule has 2 N–H and O–H groups in total. The predicted molar refractivity (Wildman–Crippen MR) is 35.8 cm³/mol. The van der Waals surface area contributed by atoms with Crippen LogP contribution in [0.2, 0.25) is 0 Å². The third-order valence-electron chi connectivity index (χ3n) is 0.573. The maximum absolute atomic E-state index is 8.38. The molecule has 0 heterocycles. The van der Waals surface area contributed by atoms with E-state index in [1.165, 1.54) is 0 Å². The maximum atomic E-state index is 8.38. The van der Waals surface area contributed by atoms with E-state index in [0.717, 1.165) is 0 Å². The van der Waals surface area contributed by atoms with Crippen LogP contribution in [0.5, 0.6) is 0 Å². The van der Waals surface area contributed by atoms with Gasteiger partial charge in [0.1, 0.15) is 0 Å². The fourth-order valence-corrected chi connectivity index (χ4v) is 0.252. The summed E-state index contributed by atoms with van der Waals surface area (Å²) < 4.78 is 37.5. The standard InChI is InChI=1S/C6H14O4/c7-1-3-9-5-6-10-4-2-8/h7-8H,1-6H2/i5D2,6D2. The van der Waals surface area contributed by atoms with Crippen LogP contribution >= 0.6 is 0 Å². The first-order chi connectivity index (χ1) is 6.37. The molecule has 0 saturated carbocycles. The van der Waals surface area contributed by atoms with Crippen molar-refractivity contribution in [1.29, 1.82) is 0 Å². The van der Waals surface area contributed by atoms with E-state index in [1.807, 2.05) is 0 Å². The van der Waals surface area contributed by atoms with Crippen molar-refractivity contribution in [2.45, 2.75) is 0 Å². The van der Waals surface area contributed by atoms with Crippen molar-refractivity contribution < 1.29 is 25.2 Å². The molecule has 4 nitrogen and oxygen atoms in total. The molecule has 0 atom stereocenters. The summed E-state index contributed by atoms with van der Waals surface area (Å²) in [6.45, 7) is -6.79. The molecule has 62 valence electrons. The Morgan fingerprint density at radius 2 is 1.40 bits per heavy atom. The molecule has 0 saturated heterocycles. The number of hydrogen-bond donors (Lipinski definition) is 2. The molecule has 0 bridgehead atoms. The van der Waals surface area contributed by atoms with Gasteiger partial charge in [0.15, 0.2) is 0 Å². The predicted octanol–water partition coefficient (Wildman–Crippen LogP) is -0.996. The summed E-state index contributed by atoms with van der Waals surface area (Å²) in [5.41, 5.74) is 0. The monoisotopic (exact) mass is 154 g/mol. The Kier molecular flexibility index (Phi) is 4.12. The fraction of sp³-hybridized carbons (Fsp3) is 1.00. The van der Waals surface area contributed by atoms with Crippen LogP contribution in [-0.2, 0) is 9.47 Å². The Hall–Kier alpha value is -0.160. The van der Waals surface area contributed by atoms with Crippen LogP contribution in [0.3, 0.4) is 0 Å². The van der Waals surface area contributed by atoms with E-state index in [9.17, 15) is 0 Å². The van der Waals surface area contributed by atoms with Crippen LogP contribution in [0.25, 0.3) is 0 Å². The third kappa shape index (κ3) is 7.84. The van der Waals surface area contributed by atoms with Crippen LogP contribution in [0.1, 0.15) is 5.48 Å². The molecular formula is C6H14O4. The topological polar surface area (TPSA) is 58.9 Å². The Bertz CT molecular complexity index is 146. The molecule has 0 amide bonds. The summed E-state index contributed by atoms with van der Waals surface area (Å²) in [5, 5.41) is 16.8. The van der Waals surface area contributed by atoms with Crippen LogP contribution < -0.4 is 0 Å². The Balaban J connectivity index is 4.20. The first-order valence-electron chi connectivity index (χ1n) is 4.87. The van der Waals surface area contributed by atoms with Gasteiger partial charge in [0, 0.05) is 0 Å². The van der Waals surface area contributed by atoms with Crippen molar-refractivity contribution in [3.8, 4) is 0 Å². The van der Waals surface area contributed by atoms with Gasteiger partial charge in [-0.1, -0.05) is 0 Å². The molecule has 0 rings (SSSR count). The number of rotatable bonds is 7. The molecule has 0 aromatic carbocycles. The maximum Gasteiger partial charge on any atom is 0.0701 e. The summed E-state index contributed by atoms with van der Waals surface area (Å²) in [6.07, 6.45) is 0. The summed E-state index contributed by atoms with van der Waals surface area (Å²) in [5.74, 6) is 0. The smallest absolute Gasteiger partial charge is 0.0701 e. The van der Waals surface area contributed by atoms with Gasteiger partial charge < -0.3 is 19.7 Å². The number of ether oxygens (including phenoxy) is 2. The summed E-state index contributed by atoms with van der Waals surface area (Å²) in [6, 6.07) is 0. The van der Waals surface area contributed by atoms with Gasteiger partial charge in [-0.3, -0.25) is 0 Å². The number of hydrogen-bond acceptors (Lipinski definition) is 4. The van der Waals surface area contributed by atoms with E-state index in [1.54, 1.807) is 0 Å². The zero-order valence-electron chi connectivity index (χ0n) is 9.54. The molecule has 0 aliphatic carbocycles. The zero-order chi connectivity index (χ0) is 11.2. The quantitative estimate of drug-likeness (QED) is 0.494. The molecule has 0 spiro atoms. The van der Waals surface area contributed by atoms with E-state index in [-0.39, 0.29) is 13.2 Å². The largest absolute Gasteiger partial charge is 0.394 e. The second-order valence-electron chi connectivity index (χ2n) is 1.35. The van der Waals surface area contributed by atoms with Gasteiger partial charge in [-0.05, 0) is 0 Å². The van der Waals surface area contributed by atoms with Crippen molar-refractivity contribution in [2.24, 2.45) is 0 Å². The lowest BCUT2D eigenvalue weighted by Gasteiger charge is -2.01. The first-order valence-corrected chi connectivity index (χ1v) is 2.87. The van der Waals surface area contributed by atoms with Crippen LogP contribution in [0, 0.1) is 0 Å². The van der Waals surface area contributed by atoms with Crippen molar-refractivity contribution in [2.75, 3.05) is 39.5 Å². The van der Waals surface area contributed by atoms with Gasteiger partial charge >= 0.3 is 0 Å². The van der Waals surface area contributed by atoms with Gasteiger partial charge in [-0.25, -0.2) is 0 Å². The summed E-state index contributed by atoms with van der Waals surface area (Å²) in [7, 11) is 0. The minimum Gasteiger partial charge on any atom is -0.394 e. The van der Waals surface area contributed by atoms with E-state index >= 15 is 0 Å². The molecule has 0 aromatic heterocycles. The lowest BCUT2D eigenvalue weighted by molar-refractivity contribution is 0.0222. The van der Waals surface area contributed by atoms with Crippen LogP contribution in [0.4, 0.5) is 0 Å². The van der Waals surface area contributed by atoms with E-state index in [0.29, 0.717) is 0 Å². The second kappa shape index (κ2) is 8.84. The van der Waals surface area contributed by atoms with Crippen LogP contribution in [-0.4, -0.2) is 49.8 Å². The summed E-state index contributed by atoms with van der Waals surface area (Å²) in [4.78, 5) is 0.